The van der Waals surface area contributed by atoms with Crippen LogP contribution in [-0.4, -0.2) is 42.8 Å². The standard InChI is InChI=1S/C13H26N2O2/c1-6-17-7-11(9(2)3)15-8-14-12(10(4)5)13(15)16/h9-12,14H,6-8H2,1-5H3. The number of hydrogen-bond donors (Lipinski definition) is 1. The normalized spacial score (nSPS) is 22.9. The second-order valence-corrected chi connectivity index (χ2v) is 5.36. The minimum Gasteiger partial charge on any atom is -0.380 e. The van der Waals surface area contributed by atoms with Crippen LogP contribution in [0, 0.1) is 11.8 Å². The van der Waals surface area contributed by atoms with E-state index in [1.165, 1.54) is 0 Å². The van der Waals surface area contributed by atoms with Crippen LogP contribution >= 0.6 is 0 Å². The van der Waals surface area contributed by atoms with E-state index in [0.717, 1.165) is 0 Å². The van der Waals surface area contributed by atoms with Gasteiger partial charge in [0.05, 0.1) is 25.4 Å². The van der Waals surface area contributed by atoms with Crippen molar-refractivity contribution in [2.24, 2.45) is 11.8 Å². The molecule has 0 spiro atoms. The lowest BCUT2D eigenvalue weighted by atomic mass is 10.0. The summed E-state index contributed by atoms with van der Waals surface area (Å²) in [5.41, 5.74) is 0. The third-order valence-corrected chi connectivity index (χ3v) is 3.36. The summed E-state index contributed by atoms with van der Waals surface area (Å²) in [6, 6.07) is 0.150. The molecular weight excluding hydrogens is 216 g/mol. The largest absolute Gasteiger partial charge is 0.380 e. The molecule has 1 amide bonds. The van der Waals surface area contributed by atoms with E-state index in [4.69, 9.17) is 4.74 Å². The fourth-order valence-electron chi connectivity index (χ4n) is 2.22. The highest BCUT2D eigenvalue weighted by molar-refractivity contribution is 5.84. The highest BCUT2D eigenvalue weighted by Crippen LogP contribution is 2.19. The van der Waals surface area contributed by atoms with Crippen molar-refractivity contribution in [1.29, 1.82) is 0 Å². The highest BCUT2D eigenvalue weighted by atomic mass is 16.5. The predicted molar refractivity (Wildman–Crippen MR) is 68.6 cm³/mol. The molecule has 0 aromatic heterocycles. The van der Waals surface area contributed by atoms with Gasteiger partial charge in [0.1, 0.15) is 0 Å². The lowest BCUT2D eigenvalue weighted by molar-refractivity contribution is -0.133. The van der Waals surface area contributed by atoms with Gasteiger partial charge in [-0.05, 0) is 18.8 Å². The number of hydrogen-bond acceptors (Lipinski definition) is 3. The van der Waals surface area contributed by atoms with Crippen LogP contribution in [0.25, 0.3) is 0 Å². The quantitative estimate of drug-likeness (QED) is 0.766. The van der Waals surface area contributed by atoms with Crippen LogP contribution in [0.2, 0.25) is 0 Å². The summed E-state index contributed by atoms with van der Waals surface area (Å²) in [6.45, 7) is 12.4. The minimum absolute atomic E-state index is 0.0297. The molecule has 4 nitrogen and oxygen atoms in total. The van der Waals surface area contributed by atoms with Gasteiger partial charge in [0.25, 0.3) is 0 Å². The monoisotopic (exact) mass is 242 g/mol. The van der Waals surface area contributed by atoms with E-state index in [1.807, 2.05) is 11.8 Å². The molecule has 0 aromatic carbocycles. The number of nitrogens with one attached hydrogen (secondary N) is 1. The van der Waals surface area contributed by atoms with Gasteiger partial charge < -0.3 is 9.64 Å². The summed E-state index contributed by atoms with van der Waals surface area (Å²) in [7, 11) is 0. The van der Waals surface area contributed by atoms with Crippen LogP contribution in [0.1, 0.15) is 34.6 Å². The molecular formula is C13H26N2O2. The molecule has 1 saturated heterocycles. The fraction of sp³-hybridized carbons (Fsp3) is 0.923. The molecule has 0 saturated carbocycles. The summed E-state index contributed by atoms with van der Waals surface area (Å²) >= 11 is 0. The SMILES string of the molecule is CCOCC(C(C)C)N1CNC(C(C)C)C1=O. The van der Waals surface area contributed by atoms with Gasteiger partial charge in [-0.15, -0.1) is 0 Å². The zero-order chi connectivity index (χ0) is 13.0. The van der Waals surface area contributed by atoms with Gasteiger partial charge in [-0.25, -0.2) is 0 Å². The fourth-order valence-corrected chi connectivity index (χ4v) is 2.22. The Hall–Kier alpha value is -0.610. The highest BCUT2D eigenvalue weighted by Gasteiger charge is 2.37. The van der Waals surface area contributed by atoms with Crippen molar-refractivity contribution in [3.8, 4) is 0 Å². The summed E-state index contributed by atoms with van der Waals surface area (Å²) in [5.74, 6) is 0.976. The van der Waals surface area contributed by atoms with Crippen molar-refractivity contribution in [1.82, 2.24) is 10.2 Å². The second kappa shape index (κ2) is 6.36. The molecule has 1 aliphatic heterocycles. The predicted octanol–water partition coefficient (Wildman–Crippen LogP) is 1.46. The maximum atomic E-state index is 12.3. The van der Waals surface area contributed by atoms with Gasteiger partial charge in [0.15, 0.2) is 0 Å². The number of ether oxygens (including phenoxy) is 1. The molecule has 2 unspecified atom stereocenters. The Morgan fingerprint density at radius 1 is 1.41 bits per heavy atom. The van der Waals surface area contributed by atoms with Crippen molar-refractivity contribution in [2.45, 2.75) is 46.7 Å². The number of rotatable bonds is 6. The van der Waals surface area contributed by atoms with E-state index in [1.54, 1.807) is 0 Å². The van der Waals surface area contributed by atoms with Gasteiger partial charge in [0, 0.05) is 6.61 Å². The molecule has 1 heterocycles. The molecule has 2 atom stereocenters. The van der Waals surface area contributed by atoms with Crippen LogP contribution < -0.4 is 5.32 Å². The van der Waals surface area contributed by atoms with Gasteiger partial charge in [0.2, 0.25) is 5.91 Å². The Kier molecular flexibility index (Phi) is 5.40. The molecule has 100 valence electrons. The Labute approximate surface area is 105 Å². The topological polar surface area (TPSA) is 41.6 Å². The van der Waals surface area contributed by atoms with Crippen molar-refractivity contribution < 1.29 is 9.53 Å². The molecule has 0 aromatic rings. The molecule has 17 heavy (non-hydrogen) atoms. The number of carbonyl (C=O) groups excluding carboxylic acids is 1. The van der Waals surface area contributed by atoms with Crippen molar-refractivity contribution in [2.75, 3.05) is 19.9 Å². The van der Waals surface area contributed by atoms with Crippen LogP contribution in [0.5, 0.6) is 0 Å². The average Bonchev–Trinajstić information content (AvgIpc) is 2.61. The van der Waals surface area contributed by atoms with Gasteiger partial charge >= 0.3 is 0 Å². The number of carbonyl (C=O) groups is 1. The molecule has 4 heteroatoms. The van der Waals surface area contributed by atoms with Gasteiger partial charge in [-0.1, -0.05) is 27.7 Å². The first kappa shape index (κ1) is 14.5. The number of amides is 1. The molecule has 1 rings (SSSR count). The molecule has 0 aliphatic carbocycles. The Balaban J connectivity index is 2.66. The maximum Gasteiger partial charge on any atom is 0.241 e. The molecule has 0 bridgehead atoms. The third kappa shape index (κ3) is 3.42. The van der Waals surface area contributed by atoms with Crippen LogP contribution in [-0.2, 0) is 9.53 Å². The van der Waals surface area contributed by atoms with E-state index in [-0.39, 0.29) is 18.0 Å². The summed E-state index contributed by atoms with van der Waals surface area (Å²) in [4.78, 5) is 14.2. The molecule has 1 fully saturated rings. The minimum atomic E-state index is -0.0297. The molecule has 1 N–H and O–H groups in total. The van der Waals surface area contributed by atoms with E-state index < -0.39 is 0 Å². The van der Waals surface area contributed by atoms with E-state index in [0.29, 0.717) is 31.7 Å². The zero-order valence-corrected chi connectivity index (χ0v) is 11.7. The van der Waals surface area contributed by atoms with Crippen LogP contribution in [0.15, 0.2) is 0 Å². The first-order chi connectivity index (χ1) is 7.99. The summed E-state index contributed by atoms with van der Waals surface area (Å²) in [6.07, 6.45) is 0. The lowest BCUT2D eigenvalue weighted by Gasteiger charge is -2.30. The van der Waals surface area contributed by atoms with Crippen molar-refractivity contribution >= 4 is 5.91 Å². The van der Waals surface area contributed by atoms with Crippen LogP contribution in [0.3, 0.4) is 0 Å². The van der Waals surface area contributed by atoms with Gasteiger partial charge in [-0.3, -0.25) is 10.1 Å². The molecule has 1 aliphatic rings. The van der Waals surface area contributed by atoms with E-state index >= 15 is 0 Å². The number of nitrogens with zero attached hydrogens (tertiary/aromatic N) is 1. The van der Waals surface area contributed by atoms with E-state index in [2.05, 4.69) is 33.0 Å². The van der Waals surface area contributed by atoms with E-state index in [9.17, 15) is 4.79 Å². The van der Waals surface area contributed by atoms with Gasteiger partial charge in [-0.2, -0.15) is 0 Å². The Bertz CT molecular complexity index is 254. The third-order valence-electron chi connectivity index (χ3n) is 3.36. The summed E-state index contributed by atoms with van der Waals surface area (Å²) < 4.78 is 5.49. The Morgan fingerprint density at radius 2 is 2.06 bits per heavy atom. The molecule has 0 radical (unpaired) electrons. The maximum absolute atomic E-state index is 12.3. The van der Waals surface area contributed by atoms with Crippen molar-refractivity contribution in [3.05, 3.63) is 0 Å². The second-order valence-electron chi connectivity index (χ2n) is 5.36. The first-order valence-corrected chi connectivity index (χ1v) is 6.60. The lowest BCUT2D eigenvalue weighted by Crippen LogP contribution is -2.45. The Morgan fingerprint density at radius 3 is 2.47 bits per heavy atom. The zero-order valence-electron chi connectivity index (χ0n) is 11.7. The first-order valence-electron chi connectivity index (χ1n) is 6.60. The van der Waals surface area contributed by atoms with Crippen molar-refractivity contribution in [3.63, 3.8) is 0 Å². The van der Waals surface area contributed by atoms with Crippen LogP contribution in [0.4, 0.5) is 0 Å². The summed E-state index contributed by atoms with van der Waals surface area (Å²) in [5, 5.41) is 3.29. The smallest absolute Gasteiger partial charge is 0.241 e. The average molecular weight is 242 g/mol.